The summed E-state index contributed by atoms with van der Waals surface area (Å²) in [6.45, 7) is 6.96. The molecule has 2 aliphatic rings. The number of carbonyl (C=O) groups excluding carboxylic acids is 4. The summed E-state index contributed by atoms with van der Waals surface area (Å²) in [5, 5.41) is 0. The first-order valence-corrected chi connectivity index (χ1v) is 9.89. The van der Waals surface area contributed by atoms with Gasteiger partial charge < -0.3 is 14.5 Å². The molecule has 1 fully saturated rings. The maximum absolute atomic E-state index is 13.2. The van der Waals surface area contributed by atoms with Gasteiger partial charge in [0, 0.05) is 12.5 Å². The minimum absolute atomic E-state index is 0.0721. The van der Waals surface area contributed by atoms with Crippen LogP contribution < -0.4 is 4.90 Å². The van der Waals surface area contributed by atoms with Gasteiger partial charge in [0.25, 0.3) is 5.91 Å². The van der Waals surface area contributed by atoms with E-state index in [9.17, 15) is 19.2 Å². The van der Waals surface area contributed by atoms with Crippen LogP contribution in [-0.2, 0) is 19.1 Å². The van der Waals surface area contributed by atoms with E-state index in [1.54, 1.807) is 49.9 Å². The predicted octanol–water partition coefficient (Wildman–Crippen LogP) is 1.79. The monoisotopic (exact) mass is 401 g/mol. The van der Waals surface area contributed by atoms with E-state index in [2.05, 4.69) is 0 Å². The molecule has 0 aliphatic carbocycles. The van der Waals surface area contributed by atoms with E-state index in [1.807, 2.05) is 6.92 Å². The van der Waals surface area contributed by atoms with Crippen molar-refractivity contribution in [1.82, 2.24) is 9.80 Å². The lowest BCUT2D eigenvalue weighted by Gasteiger charge is -2.48. The van der Waals surface area contributed by atoms with Crippen molar-refractivity contribution in [2.45, 2.75) is 52.2 Å². The summed E-state index contributed by atoms with van der Waals surface area (Å²) < 4.78 is 4.97. The third-order valence-electron chi connectivity index (χ3n) is 5.59. The number of hydrogen-bond donors (Lipinski definition) is 0. The molecule has 0 N–H and O–H groups in total. The number of benzene rings is 1. The van der Waals surface area contributed by atoms with E-state index in [0.29, 0.717) is 24.1 Å². The molecule has 1 unspecified atom stereocenters. The summed E-state index contributed by atoms with van der Waals surface area (Å²) in [6.07, 6.45) is 0.748. The fourth-order valence-electron chi connectivity index (χ4n) is 4.07. The molecule has 0 saturated carbocycles. The first-order valence-electron chi connectivity index (χ1n) is 9.89. The molecule has 8 nitrogen and oxygen atoms in total. The Morgan fingerprint density at radius 3 is 2.59 bits per heavy atom. The fourth-order valence-corrected chi connectivity index (χ4v) is 4.07. The number of nitrogens with zero attached hydrogens (tertiary/aromatic N) is 3. The number of carbonyl (C=O) groups is 4. The quantitative estimate of drug-likeness (QED) is 0.678. The average Bonchev–Trinajstić information content (AvgIpc) is 2.98. The Balaban J connectivity index is 1.91. The summed E-state index contributed by atoms with van der Waals surface area (Å²) in [5.41, 5.74) is 0.0676. The number of para-hydroxylation sites is 1. The van der Waals surface area contributed by atoms with E-state index in [-0.39, 0.29) is 43.5 Å². The van der Waals surface area contributed by atoms with Crippen LogP contribution in [0.4, 0.5) is 5.69 Å². The molecule has 2 aliphatic heterocycles. The normalized spacial score (nSPS) is 20.6. The van der Waals surface area contributed by atoms with Crippen LogP contribution in [0.15, 0.2) is 24.3 Å². The Bertz CT molecular complexity index is 852. The van der Waals surface area contributed by atoms with Gasteiger partial charge in [-0.15, -0.1) is 0 Å². The van der Waals surface area contributed by atoms with Gasteiger partial charge in [0.15, 0.2) is 0 Å². The molecule has 0 spiro atoms. The molecule has 0 radical (unpaired) electrons. The maximum Gasteiger partial charge on any atom is 0.325 e. The molecule has 0 aromatic heterocycles. The lowest BCUT2D eigenvalue weighted by atomic mass is 9.98. The van der Waals surface area contributed by atoms with Crippen LogP contribution in [0.5, 0.6) is 0 Å². The molecule has 8 heteroatoms. The molecule has 2 heterocycles. The van der Waals surface area contributed by atoms with Gasteiger partial charge in [-0.2, -0.15) is 0 Å². The van der Waals surface area contributed by atoms with Gasteiger partial charge in [0.1, 0.15) is 18.8 Å². The molecule has 1 aromatic rings. The highest BCUT2D eigenvalue weighted by atomic mass is 16.5. The fraction of sp³-hybridized carbons (Fsp3) is 0.524. The Hall–Kier alpha value is -2.90. The summed E-state index contributed by atoms with van der Waals surface area (Å²) in [5.74, 6) is -1.21. The number of hydrogen-bond acceptors (Lipinski definition) is 5. The van der Waals surface area contributed by atoms with Crippen molar-refractivity contribution < 1.29 is 23.9 Å². The minimum atomic E-state index is -0.912. The zero-order chi connectivity index (χ0) is 21.3. The van der Waals surface area contributed by atoms with E-state index in [0.717, 1.165) is 0 Å². The van der Waals surface area contributed by atoms with E-state index < -0.39 is 11.6 Å². The van der Waals surface area contributed by atoms with Crippen LogP contribution in [0.2, 0.25) is 0 Å². The van der Waals surface area contributed by atoms with Gasteiger partial charge in [0.05, 0.1) is 17.9 Å². The summed E-state index contributed by atoms with van der Waals surface area (Å²) in [6, 6.07) is 6.71. The smallest absolute Gasteiger partial charge is 0.325 e. The van der Waals surface area contributed by atoms with Crippen molar-refractivity contribution in [3.63, 3.8) is 0 Å². The molecule has 1 saturated heterocycles. The van der Waals surface area contributed by atoms with Crippen LogP contribution in [-0.4, -0.2) is 64.9 Å². The number of ether oxygens (including phenoxy) is 1. The molecular weight excluding hydrogens is 374 g/mol. The number of rotatable bonds is 6. The second-order valence-corrected chi connectivity index (χ2v) is 7.77. The number of anilines is 1. The highest BCUT2D eigenvalue weighted by Gasteiger charge is 2.53. The van der Waals surface area contributed by atoms with Crippen LogP contribution >= 0.6 is 0 Å². The van der Waals surface area contributed by atoms with Crippen molar-refractivity contribution in [3.05, 3.63) is 29.8 Å². The summed E-state index contributed by atoms with van der Waals surface area (Å²) in [4.78, 5) is 55.3. The first kappa shape index (κ1) is 20.8. The van der Waals surface area contributed by atoms with E-state index in [4.69, 9.17) is 4.74 Å². The summed E-state index contributed by atoms with van der Waals surface area (Å²) >= 11 is 0. The molecular formula is C21H27N3O5. The third-order valence-corrected chi connectivity index (χ3v) is 5.59. The molecule has 3 rings (SSSR count). The molecule has 156 valence electrons. The van der Waals surface area contributed by atoms with Crippen molar-refractivity contribution in [3.8, 4) is 0 Å². The van der Waals surface area contributed by atoms with Crippen molar-refractivity contribution in [2.24, 2.45) is 0 Å². The first-order chi connectivity index (χ1) is 13.7. The van der Waals surface area contributed by atoms with Gasteiger partial charge >= 0.3 is 5.97 Å². The minimum Gasteiger partial charge on any atom is -0.465 e. The number of amides is 3. The number of fused-ring (bicyclic) bond motifs is 3. The van der Waals surface area contributed by atoms with Crippen molar-refractivity contribution in [1.29, 1.82) is 0 Å². The SMILES string of the molecule is CCOC(=O)CN(C(=O)CN1C(=O)c2ccccc2N2C(=O)CCC12C)C(C)C. The van der Waals surface area contributed by atoms with Crippen molar-refractivity contribution >= 4 is 29.4 Å². The lowest BCUT2D eigenvalue weighted by Crippen LogP contribution is -2.64. The van der Waals surface area contributed by atoms with Crippen LogP contribution in [0.3, 0.4) is 0 Å². The largest absolute Gasteiger partial charge is 0.465 e. The highest BCUT2D eigenvalue weighted by Crippen LogP contribution is 2.43. The Kier molecular flexibility index (Phi) is 5.64. The van der Waals surface area contributed by atoms with E-state index in [1.165, 1.54) is 9.80 Å². The summed E-state index contributed by atoms with van der Waals surface area (Å²) in [7, 11) is 0. The van der Waals surface area contributed by atoms with Gasteiger partial charge in [-0.25, -0.2) is 0 Å². The molecule has 1 atom stereocenters. The van der Waals surface area contributed by atoms with Gasteiger partial charge in [-0.1, -0.05) is 12.1 Å². The zero-order valence-electron chi connectivity index (χ0n) is 17.3. The lowest BCUT2D eigenvalue weighted by molar-refractivity contribution is -0.150. The maximum atomic E-state index is 13.2. The molecule has 0 bridgehead atoms. The van der Waals surface area contributed by atoms with Gasteiger partial charge in [-0.3, -0.25) is 24.1 Å². The Morgan fingerprint density at radius 2 is 1.93 bits per heavy atom. The zero-order valence-corrected chi connectivity index (χ0v) is 17.3. The van der Waals surface area contributed by atoms with Crippen LogP contribution in [0.25, 0.3) is 0 Å². The Labute approximate surface area is 170 Å². The van der Waals surface area contributed by atoms with E-state index >= 15 is 0 Å². The van der Waals surface area contributed by atoms with Crippen molar-refractivity contribution in [2.75, 3.05) is 24.6 Å². The second-order valence-electron chi connectivity index (χ2n) is 7.77. The third kappa shape index (κ3) is 3.59. The molecule has 1 aromatic carbocycles. The second kappa shape index (κ2) is 7.85. The highest BCUT2D eigenvalue weighted by molar-refractivity contribution is 6.11. The average molecular weight is 401 g/mol. The molecule has 29 heavy (non-hydrogen) atoms. The van der Waals surface area contributed by atoms with Gasteiger partial charge in [-0.05, 0) is 46.2 Å². The number of esters is 1. The standard InChI is InChI=1S/C21H27N3O5/c1-5-29-19(27)13-22(14(2)3)18(26)12-23-20(28)15-8-6-7-9-16(15)24-17(25)10-11-21(23,24)4/h6-9,14H,5,10-13H2,1-4H3. The Morgan fingerprint density at radius 1 is 1.24 bits per heavy atom. The topological polar surface area (TPSA) is 87.2 Å². The van der Waals surface area contributed by atoms with Gasteiger partial charge in [0.2, 0.25) is 11.8 Å². The predicted molar refractivity (Wildman–Crippen MR) is 106 cm³/mol. The van der Waals surface area contributed by atoms with Crippen LogP contribution in [0, 0.1) is 0 Å². The molecule has 3 amide bonds. The van der Waals surface area contributed by atoms with Crippen LogP contribution in [0.1, 0.15) is 50.9 Å².